The lowest BCUT2D eigenvalue weighted by molar-refractivity contribution is 0.0940. The van der Waals surface area contributed by atoms with Crippen LogP contribution in [0.2, 0.25) is 5.02 Å². The maximum atomic E-state index is 12.6. The van der Waals surface area contributed by atoms with Gasteiger partial charge in [-0.05, 0) is 24.5 Å². The number of carbonyl (C=O) groups is 1. The number of nitrogens with one attached hydrogen (secondary N) is 1. The van der Waals surface area contributed by atoms with Crippen molar-refractivity contribution in [3.63, 3.8) is 0 Å². The average Bonchev–Trinajstić information content (AvgIpc) is 3.04. The van der Waals surface area contributed by atoms with E-state index in [1.165, 1.54) is 0 Å². The Kier molecular flexibility index (Phi) is 4.67. The Hall–Kier alpha value is -2.20. The number of halogens is 1. The molecule has 0 bridgehead atoms. The molecule has 0 radical (unpaired) electrons. The summed E-state index contributed by atoms with van der Waals surface area (Å²) >= 11 is 6.29. The van der Waals surface area contributed by atoms with Crippen molar-refractivity contribution >= 4 is 28.6 Å². The zero-order valence-corrected chi connectivity index (χ0v) is 14.9. The van der Waals surface area contributed by atoms with Crippen LogP contribution in [0.15, 0.2) is 40.8 Å². The van der Waals surface area contributed by atoms with Gasteiger partial charge in [-0.15, -0.1) is 0 Å². The lowest BCUT2D eigenvalue weighted by atomic mass is 10.2. The summed E-state index contributed by atoms with van der Waals surface area (Å²) < 4.78 is 7.66. The van der Waals surface area contributed by atoms with Gasteiger partial charge in [-0.1, -0.05) is 43.6 Å². The van der Waals surface area contributed by atoms with E-state index in [-0.39, 0.29) is 5.91 Å². The number of hydrogen-bond donors (Lipinski definition) is 1. The van der Waals surface area contributed by atoms with Crippen LogP contribution in [0.3, 0.4) is 0 Å². The first-order valence-electron chi connectivity index (χ1n) is 8.07. The fourth-order valence-electron chi connectivity index (χ4n) is 2.71. The third-order valence-corrected chi connectivity index (χ3v) is 4.27. The third-order valence-electron chi connectivity index (χ3n) is 3.90. The molecule has 1 aromatic carbocycles. The molecule has 0 aliphatic carbocycles. The topological polar surface area (TPSA) is 47.2 Å². The SMILES string of the molecule is Cc1cc2c(cc(C(=O)NCC(C)C)n2Cc2ccccc2Cl)o1. The van der Waals surface area contributed by atoms with Crippen LogP contribution in [0.5, 0.6) is 0 Å². The molecule has 0 atom stereocenters. The van der Waals surface area contributed by atoms with E-state index in [2.05, 4.69) is 19.2 Å². The number of fused-ring (bicyclic) bond motifs is 1. The minimum Gasteiger partial charge on any atom is -0.460 e. The summed E-state index contributed by atoms with van der Waals surface area (Å²) in [6.45, 7) is 7.19. The molecule has 3 aromatic rings. The van der Waals surface area contributed by atoms with Crippen molar-refractivity contribution < 1.29 is 9.21 Å². The zero-order valence-electron chi connectivity index (χ0n) is 14.1. The molecule has 0 aliphatic rings. The molecule has 1 amide bonds. The molecule has 2 aromatic heterocycles. The van der Waals surface area contributed by atoms with Crippen molar-refractivity contribution in [2.24, 2.45) is 5.92 Å². The Bertz CT molecular complexity index is 877. The Labute approximate surface area is 146 Å². The summed E-state index contributed by atoms with van der Waals surface area (Å²) in [5.74, 6) is 1.12. The summed E-state index contributed by atoms with van der Waals surface area (Å²) in [7, 11) is 0. The molecular formula is C19H21ClN2O2. The lowest BCUT2D eigenvalue weighted by Gasteiger charge is -2.12. The Balaban J connectivity index is 2.01. The van der Waals surface area contributed by atoms with Gasteiger partial charge in [-0.25, -0.2) is 0 Å². The highest BCUT2D eigenvalue weighted by atomic mass is 35.5. The zero-order chi connectivity index (χ0) is 17.3. The summed E-state index contributed by atoms with van der Waals surface area (Å²) in [4.78, 5) is 12.6. The van der Waals surface area contributed by atoms with Gasteiger partial charge in [0.1, 0.15) is 11.5 Å². The smallest absolute Gasteiger partial charge is 0.268 e. The van der Waals surface area contributed by atoms with Crippen molar-refractivity contribution in [3.8, 4) is 0 Å². The molecule has 2 heterocycles. The minimum absolute atomic E-state index is 0.0974. The van der Waals surface area contributed by atoms with Crippen molar-refractivity contribution in [2.75, 3.05) is 6.54 Å². The fourth-order valence-corrected chi connectivity index (χ4v) is 2.90. The number of rotatable bonds is 5. The van der Waals surface area contributed by atoms with Crippen LogP contribution < -0.4 is 5.32 Å². The maximum Gasteiger partial charge on any atom is 0.268 e. The first-order valence-corrected chi connectivity index (χ1v) is 8.44. The van der Waals surface area contributed by atoms with E-state index in [0.29, 0.717) is 35.3 Å². The van der Waals surface area contributed by atoms with E-state index in [1.54, 1.807) is 6.07 Å². The second kappa shape index (κ2) is 6.73. The van der Waals surface area contributed by atoms with Crippen molar-refractivity contribution in [1.82, 2.24) is 9.88 Å². The lowest BCUT2D eigenvalue weighted by Crippen LogP contribution is -2.29. The number of aryl methyl sites for hydroxylation is 1. The van der Waals surface area contributed by atoms with Crippen molar-refractivity contribution in [3.05, 3.63) is 58.4 Å². The predicted molar refractivity (Wildman–Crippen MR) is 96.7 cm³/mol. The first-order chi connectivity index (χ1) is 11.5. The van der Waals surface area contributed by atoms with Gasteiger partial charge in [0.2, 0.25) is 0 Å². The molecule has 24 heavy (non-hydrogen) atoms. The van der Waals surface area contributed by atoms with Gasteiger partial charge in [-0.2, -0.15) is 0 Å². The number of benzene rings is 1. The van der Waals surface area contributed by atoms with E-state index in [4.69, 9.17) is 16.0 Å². The summed E-state index contributed by atoms with van der Waals surface area (Å²) in [6, 6.07) is 11.4. The van der Waals surface area contributed by atoms with Crippen LogP contribution in [0, 0.1) is 12.8 Å². The monoisotopic (exact) mass is 344 g/mol. The van der Waals surface area contributed by atoms with Crippen LogP contribution in [-0.4, -0.2) is 17.0 Å². The van der Waals surface area contributed by atoms with E-state index >= 15 is 0 Å². The van der Waals surface area contributed by atoms with Crippen LogP contribution in [-0.2, 0) is 6.54 Å². The molecule has 5 heteroatoms. The minimum atomic E-state index is -0.0974. The summed E-state index contributed by atoms with van der Waals surface area (Å²) in [5.41, 5.74) is 3.18. The van der Waals surface area contributed by atoms with Gasteiger partial charge in [0.15, 0.2) is 5.58 Å². The number of amides is 1. The van der Waals surface area contributed by atoms with E-state index < -0.39 is 0 Å². The molecule has 0 fully saturated rings. The summed E-state index contributed by atoms with van der Waals surface area (Å²) in [5, 5.41) is 3.66. The second-order valence-electron chi connectivity index (χ2n) is 6.42. The third kappa shape index (κ3) is 3.34. The van der Waals surface area contributed by atoms with E-state index in [9.17, 15) is 4.79 Å². The number of carbonyl (C=O) groups excluding carboxylic acids is 1. The number of aromatic nitrogens is 1. The van der Waals surface area contributed by atoms with Gasteiger partial charge in [0, 0.05) is 30.2 Å². The predicted octanol–water partition coefficient (Wildman–Crippen LogP) is 4.63. The molecule has 0 saturated carbocycles. The van der Waals surface area contributed by atoms with Crippen LogP contribution in [0.4, 0.5) is 0 Å². The standard InChI is InChI=1S/C19H21ClN2O2/c1-12(2)10-21-19(23)17-9-18-16(8-13(3)24-18)22(17)11-14-6-4-5-7-15(14)20/h4-9,12H,10-11H2,1-3H3,(H,21,23). The quantitative estimate of drug-likeness (QED) is 0.733. The van der Waals surface area contributed by atoms with Crippen LogP contribution >= 0.6 is 11.6 Å². The van der Waals surface area contributed by atoms with Crippen LogP contribution in [0.25, 0.3) is 11.1 Å². The largest absolute Gasteiger partial charge is 0.460 e. The Morgan fingerprint density at radius 3 is 2.75 bits per heavy atom. The highest BCUT2D eigenvalue weighted by Gasteiger charge is 2.19. The molecule has 0 aliphatic heterocycles. The van der Waals surface area contributed by atoms with Crippen molar-refractivity contribution in [1.29, 1.82) is 0 Å². The fraction of sp³-hybridized carbons (Fsp3) is 0.316. The number of hydrogen-bond acceptors (Lipinski definition) is 2. The molecule has 3 rings (SSSR count). The van der Waals surface area contributed by atoms with E-state index in [1.807, 2.05) is 41.8 Å². The molecule has 0 spiro atoms. The van der Waals surface area contributed by atoms with Gasteiger partial charge in [0.25, 0.3) is 5.91 Å². The van der Waals surface area contributed by atoms with Crippen molar-refractivity contribution in [2.45, 2.75) is 27.3 Å². The Morgan fingerprint density at radius 2 is 2.04 bits per heavy atom. The second-order valence-corrected chi connectivity index (χ2v) is 6.82. The summed E-state index contributed by atoms with van der Waals surface area (Å²) in [6.07, 6.45) is 0. The van der Waals surface area contributed by atoms with Crippen LogP contribution in [0.1, 0.15) is 35.7 Å². The number of furan rings is 1. The normalized spacial score (nSPS) is 11.4. The molecule has 0 unspecified atom stereocenters. The van der Waals surface area contributed by atoms with Gasteiger partial charge in [0.05, 0.1) is 5.52 Å². The maximum absolute atomic E-state index is 12.6. The molecule has 1 N–H and O–H groups in total. The number of nitrogens with zero attached hydrogens (tertiary/aromatic N) is 1. The van der Waals surface area contributed by atoms with Gasteiger partial charge < -0.3 is 14.3 Å². The van der Waals surface area contributed by atoms with E-state index in [0.717, 1.165) is 16.8 Å². The highest BCUT2D eigenvalue weighted by molar-refractivity contribution is 6.31. The molecular weight excluding hydrogens is 324 g/mol. The molecule has 4 nitrogen and oxygen atoms in total. The molecule has 0 saturated heterocycles. The highest BCUT2D eigenvalue weighted by Crippen LogP contribution is 2.26. The average molecular weight is 345 g/mol. The molecule has 126 valence electrons. The first kappa shape index (κ1) is 16.7. The van der Waals surface area contributed by atoms with Gasteiger partial charge >= 0.3 is 0 Å². The van der Waals surface area contributed by atoms with Gasteiger partial charge in [-0.3, -0.25) is 4.79 Å². The Morgan fingerprint density at radius 1 is 1.29 bits per heavy atom.